The van der Waals surface area contributed by atoms with Gasteiger partial charge in [0.1, 0.15) is 0 Å². The molecule has 4 N–H and O–H groups in total. The lowest BCUT2D eigenvalue weighted by atomic mass is 10.0. The van der Waals surface area contributed by atoms with Crippen LogP contribution in [0.5, 0.6) is 0 Å². The first-order valence-electron chi connectivity index (χ1n) is 5.62. The highest BCUT2D eigenvalue weighted by Gasteiger charge is 2.10. The van der Waals surface area contributed by atoms with Crippen LogP contribution in [0, 0.1) is 0 Å². The highest BCUT2D eigenvalue weighted by Crippen LogP contribution is 2.35. The maximum Gasteiger partial charge on any atom is 0.309 e. The molecule has 4 nitrogen and oxygen atoms in total. The Kier molecular flexibility index (Phi) is 4.20. The molecule has 0 spiro atoms. The Labute approximate surface area is 115 Å². The van der Waals surface area contributed by atoms with Gasteiger partial charge in [-0.05, 0) is 17.2 Å². The van der Waals surface area contributed by atoms with Crippen LogP contribution >= 0.6 is 11.9 Å². The summed E-state index contributed by atoms with van der Waals surface area (Å²) < 4.78 is 4.35. The van der Waals surface area contributed by atoms with Crippen molar-refractivity contribution in [1.82, 2.24) is 0 Å². The van der Waals surface area contributed by atoms with Crippen molar-refractivity contribution >= 4 is 24.2 Å². The minimum absolute atomic E-state index is 0.833. The average Bonchev–Trinajstić information content (AvgIpc) is 2.57. The maximum atomic E-state index is 9.00. The summed E-state index contributed by atoms with van der Waals surface area (Å²) in [6.07, 6.45) is 1.93. The molecule has 0 unspecified atom stereocenters. The molecule has 0 fully saturated rings. The van der Waals surface area contributed by atoms with E-state index in [1.165, 1.54) is 33.5 Å². The number of rotatable bonds is 0. The van der Waals surface area contributed by atoms with Crippen molar-refractivity contribution in [3.05, 3.63) is 54.1 Å². The number of primary amides is 2. The minimum atomic E-state index is -0.833. The van der Waals surface area contributed by atoms with Crippen molar-refractivity contribution in [2.75, 3.05) is 0 Å². The van der Waals surface area contributed by atoms with E-state index >= 15 is 0 Å². The largest absolute Gasteiger partial charge is 0.352 e. The van der Waals surface area contributed by atoms with Crippen LogP contribution in [0.4, 0.5) is 4.79 Å². The van der Waals surface area contributed by atoms with E-state index in [1.54, 1.807) is 0 Å². The van der Waals surface area contributed by atoms with Crippen LogP contribution in [0.25, 0.3) is 11.1 Å². The van der Waals surface area contributed by atoms with Crippen molar-refractivity contribution in [2.24, 2.45) is 15.9 Å². The first-order chi connectivity index (χ1) is 9.18. The van der Waals surface area contributed by atoms with Crippen molar-refractivity contribution in [1.29, 1.82) is 0 Å². The Balaban J connectivity index is 0.000000297. The zero-order chi connectivity index (χ0) is 13.7. The van der Waals surface area contributed by atoms with Gasteiger partial charge in [0.25, 0.3) is 0 Å². The SMILES string of the molecule is C1=NSc2ccccc2-c2ccccc21.NC(N)=O. The fourth-order valence-corrected chi connectivity index (χ4v) is 2.46. The van der Waals surface area contributed by atoms with Gasteiger partial charge in [0.2, 0.25) is 0 Å². The van der Waals surface area contributed by atoms with Gasteiger partial charge in [0.05, 0.1) is 0 Å². The fraction of sp³-hybridized carbons (Fsp3) is 0. The average molecular weight is 271 g/mol. The number of nitrogens with two attached hydrogens (primary N) is 2. The lowest BCUT2D eigenvalue weighted by Crippen LogP contribution is -2.18. The van der Waals surface area contributed by atoms with E-state index in [0.717, 1.165) is 0 Å². The standard InChI is InChI=1S/C13H9NS.CH4N2O/c1-2-6-11-10(5-1)9-14-15-13-8-4-3-7-12(11)13;2-1(3)4/h1-9H;(H4,2,3,4). The van der Waals surface area contributed by atoms with E-state index in [9.17, 15) is 0 Å². The molecular weight excluding hydrogens is 258 g/mol. The molecule has 0 aromatic heterocycles. The van der Waals surface area contributed by atoms with Crippen LogP contribution in [-0.4, -0.2) is 12.2 Å². The van der Waals surface area contributed by atoms with Crippen LogP contribution in [-0.2, 0) is 0 Å². The van der Waals surface area contributed by atoms with Gasteiger partial charge in [0.15, 0.2) is 0 Å². The molecule has 0 saturated heterocycles. The predicted molar refractivity (Wildman–Crippen MR) is 79.1 cm³/mol. The monoisotopic (exact) mass is 271 g/mol. The molecule has 2 amide bonds. The van der Waals surface area contributed by atoms with Crippen molar-refractivity contribution in [2.45, 2.75) is 4.90 Å². The second-order valence-corrected chi connectivity index (χ2v) is 4.64. The molecule has 1 aliphatic heterocycles. The Morgan fingerprint density at radius 3 is 2.26 bits per heavy atom. The summed E-state index contributed by atoms with van der Waals surface area (Å²) in [4.78, 5) is 10.2. The number of carbonyl (C=O) groups excluding carboxylic acids is 1. The Morgan fingerprint density at radius 2 is 1.53 bits per heavy atom. The van der Waals surface area contributed by atoms with Gasteiger partial charge in [-0.15, -0.1) is 0 Å². The van der Waals surface area contributed by atoms with E-state index < -0.39 is 6.03 Å². The van der Waals surface area contributed by atoms with E-state index in [1.807, 2.05) is 12.3 Å². The number of amides is 2. The third-order valence-electron chi connectivity index (χ3n) is 2.48. The minimum Gasteiger partial charge on any atom is -0.352 e. The lowest BCUT2D eigenvalue weighted by Gasteiger charge is -2.06. The molecular formula is C14H13N3OS. The number of carbonyl (C=O) groups is 1. The molecule has 2 aromatic rings. The molecule has 0 atom stereocenters. The van der Waals surface area contributed by atoms with Crippen molar-refractivity contribution < 1.29 is 4.79 Å². The molecule has 0 bridgehead atoms. The molecule has 0 radical (unpaired) electrons. The van der Waals surface area contributed by atoms with Crippen LogP contribution in [0.2, 0.25) is 0 Å². The number of hydrogen-bond acceptors (Lipinski definition) is 3. The second kappa shape index (κ2) is 6.06. The van der Waals surface area contributed by atoms with Crippen LogP contribution < -0.4 is 11.5 Å². The van der Waals surface area contributed by atoms with Gasteiger partial charge in [-0.25, -0.2) is 9.19 Å². The summed E-state index contributed by atoms with van der Waals surface area (Å²) in [5.41, 5.74) is 12.2. The van der Waals surface area contributed by atoms with Crippen LogP contribution in [0.3, 0.4) is 0 Å². The molecule has 0 aliphatic carbocycles. The van der Waals surface area contributed by atoms with Gasteiger partial charge in [0, 0.05) is 28.6 Å². The third-order valence-corrected chi connectivity index (χ3v) is 3.24. The summed E-state index contributed by atoms with van der Waals surface area (Å²) in [5.74, 6) is 0. The maximum absolute atomic E-state index is 9.00. The third kappa shape index (κ3) is 3.35. The number of nitrogens with zero attached hydrogens (tertiary/aromatic N) is 1. The van der Waals surface area contributed by atoms with Gasteiger partial charge in [-0.2, -0.15) is 0 Å². The molecule has 1 aliphatic rings. The lowest BCUT2D eigenvalue weighted by molar-refractivity contribution is 0.256. The fourth-order valence-electron chi connectivity index (χ4n) is 1.76. The van der Waals surface area contributed by atoms with E-state index in [0.29, 0.717) is 0 Å². The molecule has 1 heterocycles. The summed E-state index contributed by atoms with van der Waals surface area (Å²) in [7, 11) is 0. The molecule has 5 heteroatoms. The highest BCUT2D eigenvalue weighted by molar-refractivity contribution is 7.98. The highest BCUT2D eigenvalue weighted by atomic mass is 32.2. The Morgan fingerprint density at radius 1 is 0.947 bits per heavy atom. The summed E-state index contributed by atoms with van der Waals surface area (Å²) >= 11 is 1.54. The van der Waals surface area contributed by atoms with Crippen LogP contribution in [0.1, 0.15) is 5.56 Å². The van der Waals surface area contributed by atoms with Gasteiger partial charge in [-0.1, -0.05) is 42.5 Å². The second-order valence-electron chi connectivity index (χ2n) is 3.81. The van der Waals surface area contributed by atoms with E-state index in [4.69, 9.17) is 4.79 Å². The summed E-state index contributed by atoms with van der Waals surface area (Å²) in [6.45, 7) is 0. The quantitative estimate of drug-likeness (QED) is 0.722. The number of fused-ring (bicyclic) bond motifs is 3. The zero-order valence-corrected chi connectivity index (χ0v) is 10.9. The molecule has 19 heavy (non-hydrogen) atoms. The first-order valence-corrected chi connectivity index (χ1v) is 6.39. The number of hydrogen-bond donors (Lipinski definition) is 2. The topological polar surface area (TPSA) is 81.5 Å². The molecule has 0 saturated carbocycles. The summed E-state index contributed by atoms with van der Waals surface area (Å²) in [6, 6.07) is 15.9. The molecule has 2 aromatic carbocycles. The predicted octanol–water partition coefficient (Wildman–Crippen LogP) is 2.82. The van der Waals surface area contributed by atoms with Gasteiger partial charge < -0.3 is 11.5 Å². The smallest absolute Gasteiger partial charge is 0.309 e. The van der Waals surface area contributed by atoms with Gasteiger partial charge >= 0.3 is 6.03 Å². The first kappa shape index (κ1) is 13.2. The molecule has 96 valence electrons. The Hall–Kier alpha value is -2.27. The number of urea groups is 1. The molecule has 3 rings (SSSR count). The number of benzene rings is 2. The zero-order valence-electron chi connectivity index (χ0n) is 10.1. The van der Waals surface area contributed by atoms with Gasteiger partial charge in [-0.3, -0.25) is 0 Å². The normalized spacial score (nSPS) is 11.4. The van der Waals surface area contributed by atoms with Crippen LogP contribution in [0.15, 0.2) is 57.8 Å². The summed E-state index contributed by atoms with van der Waals surface area (Å²) in [5, 5.41) is 0. The van der Waals surface area contributed by atoms with E-state index in [2.05, 4.69) is 58.3 Å². The van der Waals surface area contributed by atoms with Crippen molar-refractivity contribution in [3.8, 4) is 11.1 Å². The van der Waals surface area contributed by atoms with E-state index in [-0.39, 0.29) is 0 Å². The Bertz CT molecular complexity index is 622. The van der Waals surface area contributed by atoms with Crippen molar-refractivity contribution in [3.63, 3.8) is 0 Å².